The number of nitrogens with one attached hydrogen (secondary N) is 1. The average molecular weight is 538 g/mol. The molecule has 2 aromatic rings. The summed E-state index contributed by atoms with van der Waals surface area (Å²) in [6.45, 7) is 7.14. The number of carbonyl (C=O) groups is 1. The van der Waals surface area contributed by atoms with Crippen LogP contribution in [0.25, 0.3) is 0 Å². The Morgan fingerprint density at radius 3 is 2.26 bits per heavy atom. The third kappa shape index (κ3) is 7.95. The number of hydrogen-bond acceptors (Lipinski definition) is 7. The van der Waals surface area contributed by atoms with Crippen molar-refractivity contribution in [3.8, 4) is 0 Å². The second kappa shape index (κ2) is 13.3. The number of aliphatic hydroxyl groups is 1. The fraction of sp³-hybridized carbons (Fsp3) is 0.591. The molecule has 0 saturated heterocycles. The highest BCUT2D eigenvalue weighted by molar-refractivity contribution is 7.88. The van der Waals surface area contributed by atoms with Crippen molar-refractivity contribution in [2.24, 2.45) is 11.5 Å². The molecule has 0 aromatic carbocycles. The Morgan fingerprint density at radius 1 is 1.23 bits per heavy atom. The predicted octanol–water partition coefficient (Wildman–Crippen LogP) is 3.99. The molecule has 8 nitrogen and oxygen atoms in total. The van der Waals surface area contributed by atoms with Gasteiger partial charge < -0.3 is 16.6 Å². The number of hydrogen-bond donors (Lipinski definition) is 4. The number of carbonyl (C=O) groups excluding carboxylic acids is 1. The first-order valence-corrected chi connectivity index (χ1v) is 13.2. The lowest BCUT2D eigenvalue weighted by Gasteiger charge is -2.20. The zero-order valence-electron chi connectivity index (χ0n) is 20.5. The SMILES string of the molecule is CC.CC(C)(O)c1ncc(S(=O)Nc2c3c(nc(C(F)(F)F)c2C2CC2)CCC3)s1.CN.NC=O. The molecule has 6 N–H and O–H groups in total. The number of aromatic nitrogens is 2. The van der Waals surface area contributed by atoms with Crippen LogP contribution in [-0.4, -0.2) is 32.7 Å². The number of halogens is 3. The molecule has 1 atom stereocenters. The number of nitrogens with zero attached hydrogens (tertiary/aromatic N) is 2. The molecule has 35 heavy (non-hydrogen) atoms. The van der Waals surface area contributed by atoms with E-state index >= 15 is 0 Å². The monoisotopic (exact) mass is 537 g/mol. The summed E-state index contributed by atoms with van der Waals surface area (Å²) < 4.78 is 57.1. The van der Waals surface area contributed by atoms with Crippen molar-refractivity contribution < 1.29 is 27.3 Å². The Labute approximate surface area is 210 Å². The third-order valence-electron chi connectivity index (χ3n) is 4.90. The Bertz CT molecular complexity index is 1000. The van der Waals surface area contributed by atoms with E-state index in [4.69, 9.17) is 4.79 Å². The van der Waals surface area contributed by atoms with Gasteiger partial charge in [-0.05, 0) is 64.5 Å². The van der Waals surface area contributed by atoms with Gasteiger partial charge in [-0.2, -0.15) is 13.2 Å². The van der Waals surface area contributed by atoms with Gasteiger partial charge in [0.15, 0.2) is 11.0 Å². The topological polar surface area (TPSA) is 144 Å². The van der Waals surface area contributed by atoms with Crippen LogP contribution >= 0.6 is 11.3 Å². The van der Waals surface area contributed by atoms with E-state index in [1.54, 1.807) is 13.8 Å². The molecule has 13 heteroatoms. The van der Waals surface area contributed by atoms with Gasteiger partial charge in [-0.15, -0.1) is 11.3 Å². The van der Waals surface area contributed by atoms with Crippen LogP contribution < -0.4 is 16.2 Å². The summed E-state index contributed by atoms with van der Waals surface area (Å²) in [5.74, 6) is -0.206. The lowest BCUT2D eigenvalue weighted by Crippen LogP contribution is -2.18. The number of amides is 1. The summed E-state index contributed by atoms with van der Waals surface area (Å²) in [7, 11) is -0.275. The van der Waals surface area contributed by atoms with Gasteiger partial charge in [0.2, 0.25) is 6.41 Å². The Hall–Kier alpha value is -2.09. The van der Waals surface area contributed by atoms with Crippen LogP contribution in [0.4, 0.5) is 18.9 Å². The Kier molecular flexibility index (Phi) is 11.7. The number of nitrogens with two attached hydrogens (primary N) is 2. The number of fused-ring (bicyclic) bond motifs is 1. The van der Waals surface area contributed by atoms with E-state index in [0.717, 1.165) is 23.3 Å². The van der Waals surface area contributed by atoms with Crippen LogP contribution in [0.2, 0.25) is 0 Å². The summed E-state index contributed by atoms with van der Waals surface area (Å²) in [5, 5.41) is 10.4. The summed E-state index contributed by atoms with van der Waals surface area (Å²) in [5.41, 5.74) is 8.31. The van der Waals surface area contributed by atoms with Crippen LogP contribution in [0.15, 0.2) is 10.4 Å². The van der Waals surface area contributed by atoms with E-state index in [1.807, 2.05) is 13.8 Å². The molecule has 1 fully saturated rings. The minimum Gasteiger partial charge on any atom is -0.383 e. The van der Waals surface area contributed by atoms with Gasteiger partial charge in [0.05, 0.1) is 11.9 Å². The normalized spacial score (nSPS) is 15.3. The quantitative estimate of drug-likeness (QED) is 0.425. The van der Waals surface area contributed by atoms with E-state index in [-0.39, 0.29) is 17.9 Å². The largest absolute Gasteiger partial charge is 0.433 e. The first kappa shape index (κ1) is 30.9. The smallest absolute Gasteiger partial charge is 0.383 e. The fourth-order valence-electron chi connectivity index (χ4n) is 3.47. The number of anilines is 1. The Balaban J connectivity index is 0.000000797. The Morgan fingerprint density at radius 2 is 1.80 bits per heavy atom. The molecule has 198 valence electrons. The molecule has 2 aliphatic carbocycles. The van der Waals surface area contributed by atoms with Gasteiger partial charge in [0.25, 0.3) is 0 Å². The van der Waals surface area contributed by atoms with Gasteiger partial charge in [0, 0.05) is 11.3 Å². The molecule has 2 heterocycles. The minimum absolute atomic E-state index is 0.147. The number of aryl methyl sites for hydroxylation is 1. The van der Waals surface area contributed by atoms with Gasteiger partial charge in [-0.3, -0.25) is 9.52 Å². The number of thiazole rings is 1. The molecule has 0 aliphatic heterocycles. The van der Waals surface area contributed by atoms with E-state index in [1.165, 1.54) is 13.2 Å². The number of alkyl halides is 3. The van der Waals surface area contributed by atoms with Gasteiger partial charge in [-0.1, -0.05) is 13.8 Å². The van der Waals surface area contributed by atoms with Crippen molar-refractivity contribution in [2.75, 3.05) is 11.8 Å². The van der Waals surface area contributed by atoms with Crippen molar-refractivity contribution in [3.05, 3.63) is 33.7 Å². The van der Waals surface area contributed by atoms with Crippen molar-refractivity contribution >= 4 is 34.4 Å². The van der Waals surface area contributed by atoms with Crippen LogP contribution in [0.3, 0.4) is 0 Å². The molecule has 2 aromatic heterocycles. The fourth-order valence-corrected chi connectivity index (χ4v) is 5.45. The maximum Gasteiger partial charge on any atom is 0.433 e. The third-order valence-corrected chi connectivity index (χ3v) is 7.57. The lowest BCUT2D eigenvalue weighted by atomic mass is 10.0. The van der Waals surface area contributed by atoms with Gasteiger partial charge in [0.1, 0.15) is 20.5 Å². The van der Waals surface area contributed by atoms with Gasteiger partial charge >= 0.3 is 6.18 Å². The summed E-state index contributed by atoms with van der Waals surface area (Å²) in [6, 6.07) is 0. The molecule has 1 saturated carbocycles. The molecule has 0 bridgehead atoms. The van der Waals surface area contributed by atoms with Crippen LogP contribution in [0, 0.1) is 0 Å². The number of pyridine rings is 1. The second-order valence-corrected chi connectivity index (χ2v) is 10.3. The standard InChI is InChI=1S/C18H20F3N3O2S2.C2H6.CH3NO.CH5N/c1-17(2,25)16-22-8-12(27-16)28(26)24-14-10-4-3-5-11(10)23-15(18(19,20)21)13(14)9-6-7-9;1-2;2-1-3;1-2/h8-9,25H,3-7H2,1-2H3,(H,23,24);1-2H3;1H,(H2,2,3);2H2,1H3. The molecular formula is C22H34F3N5O3S2. The van der Waals surface area contributed by atoms with Crippen LogP contribution in [-0.2, 0) is 40.4 Å². The van der Waals surface area contributed by atoms with Crippen molar-refractivity contribution in [1.82, 2.24) is 9.97 Å². The molecule has 1 amide bonds. The van der Waals surface area contributed by atoms with Crippen molar-refractivity contribution in [3.63, 3.8) is 0 Å². The first-order chi connectivity index (χ1) is 16.5. The van der Waals surface area contributed by atoms with Crippen molar-refractivity contribution in [2.45, 2.75) is 81.7 Å². The molecule has 1 unspecified atom stereocenters. The summed E-state index contributed by atoms with van der Waals surface area (Å²) in [4.78, 5) is 16.6. The summed E-state index contributed by atoms with van der Waals surface area (Å²) >= 11 is 1.08. The number of rotatable bonds is 5. The zero-order chi connectivity index (χ0) is 27.0. The average Bonchev–Trinajstić information content (AvgIpc) is 3.30. The van der Waals surface area contributed by atoms with Gasteiger partial charge in [-0.25, -0.2) is 14.2 Å². The van der Waals surface area contributed by atoms with Crippen LogP contribution in [0.1, 0.15) is 80.4 Å². The second-order valence-electron chi connectivity index (χ2n) is 7.85. The van der Waals surface area contributed by atoms with Crippen LogP contribution in [0.5, 0.6) is 0 Å². The van der Waals surface area contributed by atoms with E-state index in [0.29, 0.717) is 46.3 Å². The predicted molar refractivity (Wildman–Crippen MR) is 132 cm³/mol. The molecule has 0 spiro atoms. The molecule has 2 aliphatic rings. The maximum atomic E-state index is 13.7. The van der Waals surface area contributed by atoms with E-state index in [2.05, 4.69) is 26.2 Å². The molecule has 0 radical (unpaired) electrons. The number of primary amides is 1. The summed E-state index contributed by atoms with van der Waals surface area (Å²) in [6.07, 6.45) is 0.294. The molecule has 4 rings (SSSR count). The highest BCUT2D eigenvalue weighted by Gasteiger charge is 2.43. The van der Waals surface area contributed by atoms with Crippen molar-refractivity contribution in [1.29, 1.82) is 0 Å². The lowest BCUT2D eigenvalue weighted by molar-refractivity contribution is -0.141. The first-order valence-electron chi connectivity index (χ1n) is 11.2. The van der Waals surface area contributed by atoms with E-state index in [9.17, 15) is 22.5 Å². The zero-order valence-corrected chi connectivity index (χ0v) is 22.2. The highest BCUT2D eigenvalue weighted by atomic mass is 32.2. The van der Waals surface area contributed by atoms with E-state index < -0.39 is 28.5 Å². The highest BCUT2D eigenvalue weighted by Crippen LogP contribution is 2.51. The molecular weight excluding hydrogens is 503 g/mol. The minimum atomic E-state index is -4.55. The maximum absolute atomic E-state index is 13.7.